The van der Waals surface area contributed by atoms with E-state index >= 15 is 0 Å². The van der Waals surface area contributed by atoms with Gasteiger partial charge in [-0.25, -0.2) is 14.5 Å². The van der Waals surface area contributed by atoms with E-state index in [0.717, 1.165) is 0 Å². The number of nitriles is 1. The Morgan fingerprint density at radius 3 is 2.87 bits per heavy atom. The number of esters is 1. The van der Waals surface area contributed by atoms with Gasteiger partial charge in [0.05, 0.1) is 18.0 Å². The summed E-state index contributed by atoms with van der Waals surface area (Å²) in [6.45, 7) is 3.05. The zero-order valence-electron chi connectivity index (χ0n) is 18.1. The SMILES string of the molecule is Bc1cc([C@]2(C#N)O[C@H](COC(=O)C(C)C)[C@@H](O)[C@H]2O)n2ncnc(/N=C\N(C)C)c12. The lowest BCUT2D eigenvalue weighted by molar-refractivity contribution is -0.154. The Balaban J connectivity index is 2.03. The van der Waals surface area contributed by atoms with Crippen LogP contribution in [-0.2, 0) is 19.9 Å². The highest BCUT2D eigenvalue weighted by Crippen LogP contribution is 2.40. The molecular formula is C19H25BN6O5. The van der Waals surface area contributed by atoms with E-state index in [0.29, 0.717) is 16.8 Å². The van der Waals surface area contributed by atoms with Gasteiger partial charge in [-0.2, -0.15) is 10.4 Å². The van der Waals surface area contributed by atoms with Gasteiger partial charge >= 0.3 is 5.97 Å². The molecule has 0 amide bonds. The van der Waals surface area contributed by atoms with Crippen molar-refractivity contribution in [2.45, 2.75) is 37.8 Å². The van der Waals surface area contributed by atoms with Crippen molar-refractivity contribution in [2.75, 3.05) is 20.7 Å². The summed E-state index contributed by atoms with van der Waals surface area (Å²) in [7, 11) is 5.43. The number of aromatic nitrogens is 3. The number of ether oxygens (including phenoxy) is 2. The van der Waals surface area contributed by atoms with Gasteiger partial charge in [0.2, 0.25) is 5.60 Å². The van der Waals surface area contributed by atoms with E-state index in [9.17, 15) is 20.3 Å². The fourth-order valence-corrected chi connectivity index (χ4v) is 3.38. The van der Waals surface area contributed by atoms with Crippen molar-refractivity contribution in [3.05, 3.63) is 18.1 Å². The van der Waals surface area contributed by atoms with Gasteiger partial charge < -0.3 is 24.6 Å². The monoisotopic (exact) mass is 428 g/mol. The molecule has 2 N–H and O–H groups in total. The van der Waals surface area contributed by atoms with Crippen LogP contribution in [-0.4, -0.2) is 88.9 Å². The predicted octanol–water partition coefficient (Wildman–Crippen LogP) is -1.75. The second-order valence-corrected chi connectivity index (χ2v) is 7.99. The number of nitrogens with zero attached hydrogens (tertiary/aromatic N) is 6. The molecule has 2 aromatic rings. The Morgan fingerprint density at radius 2 is 2.26 bits per heavy atom. The van der Waals surface area contributed by atoms with Crippen molar-refractivity contribution in [2.24, 2.45) is 10.9 Å². The summed E-state index contributed by atoms with van der Waals surface area (Å²) in [5.74, 6) is -0.463. The Hall–Kier alpha value is -3.01. The standard InChI is InChI=1S/C19H25BN6O5/c1-10(2)18(29)30-6-12-15(27)16(28)19(7-21,31-12)13-5-11(20)14-17(23-9-25(3)4)22-8-24-26(13)14/h5,8-10,12,15-16,27-28H,6,20H2,1-4H3/b23-9-/t12-,15-,16-,19+/m1/s1. The predicted molar refractivity (Wildman–Crippen MR) is 113 cm³/mol. The maximum atomic E-state index is 11.8. The second kappa shape index (κ2) is 8.62. The molecule has 0 bridgehead atoms. The van der Waals surface area contributed by atoms with Crippen molar-refractivity contribution < 1.29 is 24.5 Å². The first kappa shape index (κ1) is 22.7. The lowest BCUT2D eigenvalue weighted by atomic mass is 9.90. The molecule has 11 nitrogen and oxygen atoms in total. The van der Waals surface area contributed by atoms with Gasteiger partial charge in [-0.3, -0.25) is 4.79 Å². The van der Waals surface area contributed by atoms with Crippen LogP contribution in [0.2, 0.25) is 0 Å². The number of carbonyl (C=O) groups excluding carboxylic acids is 1. The largest absolute Gasteiger partial charge is 0.463 e. The van der Waals surface area contributed by atoms with Crippen molar-refractivity contribution >= 4 is 37.0 Å². The number of aliphatic hydroxyl groups is 2. The van der Waals surface area contributed by atoms with Crippen LogP contribution in [0.15, 0.2) is 17.4 Å². The van der Waals surface area contributed by atoms with Crippen molar-refractivity contribution in [1.82, 2.24) is 19.5 Å². The molecule has 3 heterocycles. The summed E-state index contributed by atoms with van der Waals surface area (Å²) in [6.07, 6.45) is -1.27. The molecule has 3 rings (SSSR count). The summed E-state index contributed by atoms with van der Waals surface area (Å²) in [4.78, 5) is 22.1. The third kappa shape index (κ3) is 3.99. The van der Waals surface area contributed by atoms with E-state index in [1.807, 2.05) is 20.2 Å². The smallest absolute Gasteiger partial charge is 0.308 e. The molecular weight excluding hydrogens is 403 g/mol. The molecule has 0 aliphatic carbocycles. The lowest BCUT2D eigenvalue weighted by Crippen LogP contribution is -2.41. The van der Waals surface area contributed by atoms with Crippen LogP contribution < -0.4 is 5.46 Å². The molecule has 1 fully saturated rings. The topological polar surface area (TPSA) is 146 Å². The van der Waals surface area contributed by atoms with Gasteiger partial charge in [0.1, 0.15) is 50.7 Å². The minimum atomic E-state index is -1.93. The Kier molecular flexibility index (Phi) is 6.31. The number of hydrogen-bond donors (Lipinski definition) is 2. The van der Waals surface area contributed by atoms with Crippen LogP contribution in [0.4, 0.5) is 5.82 Å². The quantitative estimate of drug-likeness (QED) is 0.237. The summed E-state index contributed by atoms with van der Waals surface area (Å²) in [5, 5.41) is 35.5. The van der Waals surface area contributed by atoms with E-state index in [1.165, 1.54) is 10.8 Å². The summed E-state index contributed by atoms with van der Waals surface area (Å²) in [5.41, 5.74) is -0.473. The molecule has 0 radical (unpaired) electrons. The maximum Gasteiger partial charge on any atom is 0.308 e. The molecule has 1 aliphatic rings. The van der Waals surface area contributed by atoms with Crippen LogP contribution in [0.3, 0.4) is 0 Å². The van der Waals surface area contributed by atoms with Crippen LogP contribution in [0.1, 0.15) is 19.5 Å². The molecule has 31 heavy (non-hydrogen) atoms. The first-order valence-electron chi connectivity index (χ1n) is 9.78. The van der Waals surface area contributed by atoms with Gasteiger partial charge in [0, 0.05) is 14.1 Å². The van der Waals surface area contributed by atoms with Gasteiger partial charge in [0.25, 0.3) is 0 Å². The highest BCUT2D eigenvalue weighted by atomic mass is 16.6. The number of hydrogen-bond acceptors (Lipinski definition) is 9. The number of fused-ring (bicyclic) bond motifs is 1. The molecule has 12 heteroatoms. The minimum Gasteiger partial charge on any atom is -0.463 e. The van der Waals surface area contributed by atoms with Crippen LogP contribution in [0, 0.1) is 17.2 Å². The van der Waals surface area contributed by atoms with Crippen LogP contribution in [0.25, 0.3) is 5.52 Å². The van der Waals surface area contributed by atoms with Crippen LogP contribution in [0.5, 0.6) is 0 Å². The van der Waals surface area contributed by atoms with Gasteiger partial charge in [-0.15, -0.1) is 0 Å². The summed E-state index contributed by atoms with van der Waals surface area (Å²) < 4.78 is 12.4. The first-order chi connectivity index (χ1) is 14.6. The third-order valence-electron chi connectivity index (χ3n) is 5.00. The Labute approximate surface area is 180 Å². The maximum absolute atomic E-state index is 11.8. The minimum absolute atomic E-state index is 0.218. The van der Waals surface area contributed by atoms with Gasteiger partial charge in [-0.05, 0) is 6.07 Å². The highest BCUT2D eigenvalue weighted by molar-refractivity contribution is 6.37. The van der Waals surface area contributed by atoms with Gasteiger partial charge in [-0.1, -0.05) is 19.3 Å². The number of aliphatic imine (C=N–C) groups is 1. The summed E-state index contributed by atoms with van der Waals surface area (Å²) in [6, 6.07) is 3.63. The van der Waals surface area contributed by atoms with E-state index in [1.54, 1.807) is 39.0 Å². The fourth-order valence-electron chi connectivity index (χ4n) is 3.38. The van der Waals surface area contributed by atoms with Crippen molar-refractivity contribution in [3.8, 4) is 6.07 Å². The normalized spacial score (nSPS) is 25.9. The second-order valence-electron chi connectivity index (χ2n) is 7.99. The average Bonchev–Trinajstić information content (AvgIpc) is 3.20. The zero-order chi connectivity index (χ0) is 22.9. The van der Waals surface area contributed by atoms with Crippen molar-refractivity contribution in [3.63, 3.8) is 0 Å². The molecule has 1 saturated heterocycles. The number of carbonyl (C=O) groups is 1. The zero-order valence-corrected chi connectivity index (χ0v) is 18.1. The van der Waals surface area contributed by atoms with E-state index < -0.39 is 29.9 Å². The molecule has 1 aliphatic heterocycles. The Morgan fingerprint density at radius 1 is 1.55 bits per heavy atom. The summed E-state index contributed by atoms with van der Waals surface area (Å²) >= 11 is 0. The third-order valence-corrected chi connectivity index (χ3v) is 5.00. The first-order valence-corrected chi connectivity index (χ1v) is 9.78. The molecule has 2 aromatic heterocycles. The van der Waals surface area contributed by atoms with E-state index in [2.05, 4.69) is 15.1 Å². The van der Waals surface area contributed by atoms with Crippen molar-refractivity contribution in [1.29, 1.82) is 5.26 Å². The molecule has 0 aromatic carbocycles. The molecule has 0 unspecified atom stereocenters. The number of aliphatic hydroxyl groups excluding tert-OH is 2. The van der Waals surface area contributed by atoms with Gasteiger partial charge in [0.15, 0.2) is 5.82 Å². The lowest BCUT2D eigenvalue weighted by Gasteiger charge is -2.24. The molecule has 0 spiro atoms. The molecule has 0 saturated carbocycles. The molecule has 4 atom stereocenters. The Bertz CT molecular complexity index is 1050. The fraction of sp³-hybridized carbons (Fsp3) is 0.526. The number of rotatable bonds is 6. The average molecular weight is 428 g/mol. The highest BCUT2D eigenvalue weighted by Gasteiger charge is 2.58. The molecule has 164 valence electrons. The van der Waals surface area contributed by atoms with E-state index in [4.69, 9.17) is 9.47 Å². The van der Waals surface area contributed by atoms with E-state index in [-0.39, 0.29) is 18.2 Å². The van der Waals surface area contributed by atoms with Crippen LogP contribution >= 0.6 is 0 Å².